The van der Waals surface area contributed by atoms with Crippen molar-refractivity contribution in [2.75, 3.05) is 119 Å². The molecule has 0 aliphatic heterocycles. The van der Waals surface area contributed by atoms with E-state index in [1.165, 1.54) is 0 Å². The molecule has 0 bridgehead atoms. The second-order valence-corrected chi connectivity index (χ2v) is 12.7. The van der Waals surface area contributed by atoms with Gasteiger partial charge in [0.1, 0.15) is 5.60 Å². The van der Waals surface area contributed by atoms with Gasteiger partial charge >= 0.3 is 5.97 Å². The lowest BCUT2D eigenvalue weighted by Gasteiger charge is -2.32. The Morgan fingerprint density at radius 2 is 1.14 bits per heavy atom. The molecule has 1 aliphatic carbocycles. The van der Waals surface area contributed by atoms with E-state index in [-0.39, 0.29) is 30.7 Å². The summed E-state index contributed by atoms with van der Waals surface area (Å²) >= 11 is 0. The number of hydrogen-bond acceptors (Lipinski definition) is 14. The van der Waals surface area contributed by atoms with E-state index in [1.807, 2.05) is 45.9 Å². The smallest absolute Gasteiger partial charge is 0.308 e. The standard InChI is InChI=1S/C37H66O14/c1-5-8-33(39)32-29-31(9-6-7-11-38)36(41)34(30-32)50-28-27-49-26-25-48-24-23-47-22-21-46-20-19-45-18-17-44-16-15-43-14-13-42-12-10-35(40)51-37(2,3)4/h6,9,29,31,34,36,38,41H,5,7-8,10-28,30H2,1-4H3. The van der Waals surface area contributed by atoms with Crippen molar-refractivity contribution in [1.29, 1.82) is 0 Å². The maximum absolute atomic E-state index is 12.5. The third kappa shape index (κ3) is 27.5. The van der Waals surface area contributed by atoms with E-state index in [9.17, 15) is 14.7 Å². The summed E-state index contributed by atoms with van der Waals surface area (Å²) in [6.45, 7) is 14.7. The summed E-state index contributed by atoms with van der Waals surface area (Å²) in [7, 11) is 0. The van der Waals surface area contributed by atoms with Crippen LogP contribution in [-0.4, -0.2) is 159 Å². The van der Waals surface area contributed by atoms with Gasteiger partial charge in [0.2, 0.25) is 0 Å². The van der Waals surface area contributed by atoms with Crippen LogP contribution in [0.5, 0.6) is 0 Å². The number of aliphatic hydroxyl groups is 2. The Bertz CT molecular complexity index is 919. The first-order chi connectivity index (χ1) is 24.7. The van der Waals surface area contributed by atoms with Crippen LogP contribution < -0.4 is 0 Å². The summed E-state index contributed by atoms with van der Waals surface area (Å²) in [5.74, 6) is -0.520. The van der Waals surface area contributed by atoms with Crippen LogP contribution in [0.1, 0.15) is 59.8 Å². The average Bonchev–Trinajstić information content (AvgIpc) is 3.08. The van der Waals surface area contributed by atoms with Gasteiger partial charge in [-0.25, -0.2) is 0 Å². The van der Waals surface area contributed by atoms with E-state index in [2.05, 4.69) is 0 Å². The molecule has 51 heavy (non-hydrogen) atoms. The molecule has 0 aromatic rings. The molecule has 1 aliphatic rings. The van der Waals surface area contributed by atoms with Crippen molar-refractivity contribution in [2.24, 2.45) is 5.92 Å². The second kappa shape index (κ2) is 31.7. The van der Waals surface area contributed by atoms with Crippen LogP contribution >= 0.6 is 0 Å². The van der Waals surface area contributed by atoms with Crippen molar-refractivity contribution in [1.82, 2.24) is 0 Å². The average molecular weight is 735 g/mol. The Balaban J connectivity index is 1.86. The minimum atomic E-state index is -0.771. The molecule has 0 heterocycles. The molecule has 0 saturated carbocycles. The van der Waals surface area contributed by atoms with E-state index < -0.39 is 17.8 Å². The highest BCUT2D eigenvalue weighted by Gasteiger charge is 2.33. The molecule has 1 rings (SSSR count). The Morgan fingerprint density at radius 1 is 0.706 bits per heavy atom. The molecule has 3 unspecified atom stereocenters. The summed E-state index contributed by atoms with van der Waals surface area (Å²) in [4.78, 5) is 24.1. The van der Waals surface area contributed by atoms with Gasteiger partial charge in [-0.1, -0.05) is 25.2 Å². The highest BCUT2D eigenvalue weighted by molar-refractivity contribution is 5.95. The largest absolute Gasteiger partial charge is 0.460 e. The highest BCUT2D eigenvalue weighted by Crippen LogP contribution is 2.29. The zero-order valence-electron chi connectivity index (χ0n) is 31.5. The summed E-state index contributed by atoms with van der Waals surface area (Å²) in [6, 6.07) is 0. The predicted molar refractivity (Wildman–Crippen MR) is 190 cm³/mol. The molecule has 2 N–H and O–H groups in total. The molecule has 0 saturated heterocycles. The van der Waals surface area contributed by atoms with Gasteiger partial charge in [-0.05, 0) is 39.2 Å². The van der Waals surface area contributed by atoms with Crippen LogP contribution in [0, 0.1) is 5.92 Å². The van der Waals surface area contributed by atoms with E-state index in [1.54, 1.807) is 0 Å². The van der Waals surface area contributed by atoms with Crippen LogP contribution in [0.15, 0.2) is 23.8 Å². The molecular formula is C37H66O14. The third-order valence-corrected chi connectivity index (χ3v) is 7.11. The number of hydrogen-bond donors (Lipinski definition) is 2. The summed E-state index contributed by atoms with van der Waals surface area (Å²) in [6.07, 6.45) is 6.53. The SMILES string of the molecule is CCCC(=O)C1=CC(C=CCCO)C(O)C(OCCOCCOCCOCCOCCOCCOCCOCCOCCC(=O)OC(C)(C)C)C1. The number of Topliss-reactive ketones (excluding diaryl/α,β-unsaturated/α-hetero) is 1. The topological polar surface area (TPSA) is 167 Å². The fourth-order valence-corrected chi connectivity index (χ4v) is 4.68. The molecule has 0 spiro atoms. The molecule has 298 valence electrons. The van der Waals surface area contributed by atoms with Gasteiger partial charge in [-0.3, -0.25) is 9.59 Å². The minimum absolute atomic E-state index is 0.0314. The van der Waals surface area contributed by atoms with Crippen molar-refractivity contribution in [2.45, 2.75) is 77.6 Å². The molecule has 0 aromatic carbocycles. The molecular weight excluding hydrogens is 668 g/mol. The minimum Gasteiger partial charge on any atom is -0.460 e. The number of ketones is 1. The fraction of sp³-hybridized carbons (Fsp3) is 0.838. The van der Waals surface area contributed by atoms with E-state index in [0.717, 1.165) is 6.42 Å². The van der Waals surface area contributed by atoms with E-state index >= 15 is 0 Å². The van der Waals surface area contributed by atoms with Crippen molar-refractivity contribution in [3.8, 4) is 0 Å². The summed E-state index contributed by atoms with van der Waals surface area (Å²) < 4.78 is 54.9. The van der Waals surface area contributed by atoms with Crippen molar-refractivity contribution < 1.29 is 67.2 Å². The Labute approximate surface area is 305 Å². The van der Waals surface area contributed by atoms with Gasteiger partial charge in [-0.15, -0.1) is 0 Å². The lowest BCUT2D eigenvalue weighted by molar-refractivity contribution is -0.156. The number of carbonyl (C=O) groups excluding carboxylic acids is 2. The number of carbonyl (C=O) groups is 2. The van der Waals surface area contributed by atoms with Crippen LogP contribution in [0.3, 0.4) is 0 Å². The summed E-state index contributed by atoms with van der Waals surface area (Å²) in [5, 5.41) is 19.8. The molecule has 0 amide bonds. The second-order valence-electron chi connectivity index (χ2n) is 12.7. The first-order valence-electron chi connectivity index (χ1n) is 18.3. The predicted octanol–water partition coefficient (Wildman–Crippen LogP) is 2.85. The molecule has 0 radical (unpaired) electrons. The number of esters is 1. The lowest BCUT2D eigenvalue weighted by Crippen LogP contribution is -2.39. The maximum atomic E-state index is 12.5. The number of aliphatic hydroxyl groups excluding tert-OH is 2. The Hall–Kier alpha value is -1.82. The molecule has 14 nitrogen and oxygen atoms in total. The zero-order valence-corrected chi connectivity index (χ0v) is 31.5. The van der Waals surface area contributed by atoms with Crippen LogP contribution in [0.4, 0.5) is 0 Å². The monoisotopic (exact) mass is 734 g/mol. The molecule has 3 atom stereocenters. The first-order valence-corrected chi connectivity index (χ1v) is 18.3. The van der Waals surface area contributed by atoms with Gasteiger partial charge in [0, 0.05) is 25.4 Å². The van der Waals surface area contributed by atoms with Crippen LogP contribution in [-0.2, 0) is 57.0 Å². The van der Waals surface area contributed by atoms with Gasteiger partial charge < -0.3 is 57.6 Å². The highest BCUT2D eigenvalue weighted by atomic mass is 16.6. The quantitative estimate of drug-likeness (QED) is 0.0563. The van der Waals surface area contributed by atoms with Gasteiger partial charge in [0.05, 0.1) is 131 Å². The third-order valence-electron chi connectivity index (χ3n) is 7.11. The summed E-state index contributed by atoms with van der Waals surface area (Å²) in [5.41, 5.74) is 0.207. The Kier molecular flexibility index (Phi) is 29.3. The molecule has 0 aromatic heterocycles. The van der Waals surface area contributed by atoms with Gasteiger partial charge in [0.15, 0.2) is 5.78 Å². The number of ether oxygens (including phenoxy) is 10. The molecule has 14 heteroatoms. The zero-order chi connectivity index (χ0) is 37.4. The van der Waals surface area contributed by atoms with E-state index in [0.29, 0.717) is 137 Å². The van der Waals surface area contributed by atoms with Crippen LogP contribution in [0.25, 0.3) is 0 Å². The van der Waals surface area contributed by atoms with E-state index in [4.69, 9.17) is 52.5 Å². The maximum Gasteiger partial charge on any atom is 0.308 e. The first kappa shape index (κ1) is 47.2. The Morgan fingerprint density at radius 3 is 1.55 bits per heavy atom. The van der Waals surface area contributed by atoms with Crippen molar-refractivity contribution >= 4 is 11.8 Å². The van der Waals surface area contributed by atoms with Crippen LogP contribution in [0.2, 0.25) is 0 Å². The fourth-order valence-electron chi connectivity index (χ4n) is 4.68. The van der Waals surface area contributed by atoms with Gasteiger partial charge in [-0.2, -0.15) is 0 Å². The molecule has 0 fully saturated rings. The van der Waals surface area contributed by atoms with Gasteiger partial charge in [0.25, 0.3) is 0 Å². The van der Waals surface area contributed by atoms with Crippen molar-refractivity contribution in [3.63, 3.8) is 0 Å². The lowest BCUT2D eigenvalue weighted by atomic mass is 9.83. The van der Waals surface area contributed by atoms with Crippen molar-refractivity contribution in [3.05, 3.63) is 23.8 Å². The normalized spacial score (nSPS) is 18.0. The number of rotatable bonds is 34.